The molecule has 1 fully saturated rings. The lowest BCUT2D eigenvalue weighted by atomic mass is 9.99. The van der Waals surface area contributed by atoms with Crippen molar-refractivity contribution in [3.05, 3.63) is 85.4 Å². The molecule has 10 nitrogen and oxygen atoms in total. The van der Waals surface area contributed by atoms with Crippen molar-refractivity contribution in [2.45, 2.75) is 19.6 Å². The van der Waals surface area contributed by atoms with Gasteiger partial charge in [-0.3, -0.25) is 24.0 Å². The number of likely N-dealkylation sites (N-methyl/N-ethyl adjacent to an activating group) is 1. The van der Waals surface area contributed by atoms with Gasteiger partial charge in [0.15, 0.2) is 0 Å². The number of thiophene rings is 1. The highest BCUT2D eigenvalue weighted by Crippen LogP contribution is 2.42. The molecule has 1 N–H and O–H groups in total. The number of aryl methyl sites for hydroxylation is 1. The molecule has 0 radical (unpaired) electrons. The third-order valence-electron chi connectivity index (χ3n) is 7.93. The highest BCUT2D eigenvalue weighted by molar-refractivity contribution is 7.18. The number of aromatic carboxylic acids is 1. The standard InChI is InChI=1S/C33H22ClF3N6O4S/c1-17-40-25-13-24(33(35,36)37)29(43-11-10-41(2)15-26(43)44)22(14-38)27(25)31(45)42(17)9-3-4-18-5-6-19(34)12-21(18)20-7-8-39-28-23(32(46)47)16-48-30(20)28/h5-8,12-13,16H,9-11,15H2,1-2H3,(H,46,47). The Morgan fingerprint density at radius 3 is 2.62 bits per heavy atom. The number of pyridine rings is 1. The summed E-state index contributed by atoms with van der Waals surface area (Å²) in [6.45, 7) is 1.21. The lowest BCUT2D eigenvalue weighted by molar-refractivity contribution is -0.137. The number of halogens is 4. The largest absolute Gasteiger partial charge is 0.478 e. The molecule has 0 spiro atoms. The molecule has 0 bridgehead atoms. The van der Waals surface area contributed by atoms with Crippen molar-refractivity contribution in [2.24, 2.45) is 0 Å². The highest BCUT2D eigenvalue weighted by atomic mass is 35.5. The molecule has 2 aromatic carbocycles. The van der Waals surface area contributed by atoms with Crippen LogP contribution in [0.15, 0.2) is 46.7 Å². The fourth-order valence-electron chi connectivity index (χ4n) is 5.66. The van der Waals surface area contributed by atoms with Crippen LogP contribution in [0.1, 0.15) is 32.9 Å². The van der Waals surface area contributed by atoms with Gasteiger partial charge in [-0.15, -0.1) is 11.3 Å². The Balaban J connectivity index is 1.47. The highest BCUT2D eigenvalue weighted by Gasteiger charge is 2.40. The molecular formula is C33H22ClF3N6O4S. The van der Waals surface area contributed by atoms with Gasteiger partial charge in [0.05, 0.1) is 56.6 Å². The van der Waals surface area contributed by atoms with Crippen LogP contribution in [0.5, 0.6) is 0 Å². The third kappa shape index (κ3) is 5.75. The monoisotopic (exact) mass is 690 g/mol. The van der Waals surface area contributed by atoms with Crippen molar-refractivity contribution in [2.75, 3.05) is 31.6 Å². The minimum absolute atomic E-state index is 0.0596. The average Bonchev–Trinajstić information content (AvgIpc) is 3.47. The number of hydrogen-bond acceptors (Lipinski definition) is 8. The molecule has 0 unspecified atom stereocenters. The average molecular weight is 691 g/mol. The van der Waals surface area contributed by atoms with Crippen LogP contribution in [0, 0.1) is 30.1 Å². The quantitative estimate of drug-likeness (QED) is 0.243. The first-order valence-electron chi connectivity index (χ1n) is 14.2. The van der Waals surface area contributed by atoms with Gasteiger partial charge in [-0.2, -0.15) is 18.4 Å². The van der Waals surface area contributed by atoms with Crippen molar-refractivity contribution in [1.82, 2.24) is 19.4 Å². The predicted molar refractivity (Wildman–Crippen MR) is 174 cm³/mol. The van der Waals surface area contributed by atoms with Crippen LogP contribution in [0.2, 0.25) is 5.02 Å². The lowest BCUT2D eigenvalue weighted by Crippen LogP contribution is -2.49. The number of benzene rings is 2. The summed E-state index contributed by atoms with van der Waals surface area (Å²) in [5, 5.41) is 21.2. The number of amides is 1. The zero-order valence-corrected chi connectivity index (χ0v) is 26.7. The van der Waals surface area contributed by atoms with Crippen LogP contribution in [-0.4, -0.2) is 63.1 Å². The third-order valence-corrected chi connectivity index (χ3v) is 9.16. The van der Waals surface area contributed by atoms with E-state index in [2.05, 4.69) is 21.8 Å². The molecule has 1 amide bonds. The zero-order chi connectivity index (χ0) is 34.5. The summed E-state index contributed by atoms with van der Waals surface area (Å²) in [7, 11) is 1.65. The van der Waals surface area contributed by atoms with E-state index < -0.39 is 40.4 Å². The predicted octanol–water partition coefficient (Wildman–Crippen LogP) is 5.55. The summed E-state index contributed by atoms with van der Waals surface area (Å²) in [5.74, 6) is 4.25. The maximum Gasteiger partial charge on any atom is 0.418 e. The Morgan fingerprint density at radius 2 is 1.94 bits per heavy atom. The SMILES string of the molecule is Cc1nc2cc(C(F)(F)F)c(N3CCN(C)CC3=O)c(C#N)c2c(=O)n1CC#Cc1ccc(Cl)cc1-c1ccnc2c(C(=O)O)csc12. The van der Waals surface area contributed by atoms with E-state index in [4.69, 9.17) is 11.6 Å². The second-order valence-electron chi connectivity index (χ2n) is 11.0. The van der Waals surface area contributed by atoms with Gasteiger partial charge in [0, 0.05) is 46.4 Å². The molecule has 0 aliphatic carbocycles. The van der Waals surface area contributed by atoms with E-state index in [1.54, 1.807) is 42.3 Å². The van der Waals surface area contributed by atoms with E-state index >= 15 is 0 Å². The molecule has 5 aromatic rings. The maximum absolute atomic E-state index is 14.3. The van der Waals surface area contributed by atoms with Crippen LogP contribution in [0.4, 0.5) is 18.9 Å². The molecule has 1 saturated heterocycles. The van der Waals surface area contributed by atoms with Crippen molar-refractivity contribution in [3.63, 3.8) is 0 Å². The molecule has 242 valence electrons. The molecule has 48 heavy (non-hydrogen) atoms. The van der Waals surface area contributed by atoms with Crippen molar-refractivity contribution >= 4 is 61.6 Å². The number of carbonyl (C=O) groups is 2. The van der Waals surface area contributed by atoms with Gasteiger partial charge >= 0.3 is 12.1 Å². The number of rotatable bonds is 4. The number of carboxylic acid groups (broad SMARTS) is 1. The number of aromatic nitrogens is 3. The Bertz CT molecular complexity index is 2350. The van der Waals surface area contributed by atoms with Crippen molar-refractivity contribution in [3.8, 4) is 29.0 Å². The molecular weight excluding hydrogens is 669 g/mol. The number of anilines is 1. The van der Waals surface area contributed by atoms with Gasteiger partial charge < -0.3 is 10.0 Å². The number of nitrogens with zero attached hydrogens (tertiary/aromatic N) is 6. The summed E-state index contributed by atoms with van der Waals surface area (Å²) in [5.41, 5.74) is -1.47. The first-order valence-corrected chi connectivity index (χ1v) is 15.5. The molecule has 4 heterocycles. The van der Waals surface area contributed by atoms with Crippen LogP contribution in [0.3, 0.4) is 0 Å². The van der Waals surface area contributed by atoms with Gasteiger partial charge in [-0.25, -0.2) is 9.78 Å². The zero-order valence-electron chi connectivity index (χ0n) is 25.1. The summed E-state index contributed by atoms with van der Waals surface area (Å²) in [4.78, 5) is 49.5. The molecule has 1 aliphatic rings. The summed E-state index contributed by atoms with van der Waals surface area (Å²) in [6.07, 6.45) is -3.46. The van der Waals surface area contributed by atoms with Crippen LogP contribution in [-0.2, 0) is 17.5 Å². The fourth-order valence-corrected chi connectivity index (χ4v) is 6.86. The summed E-state index contributed by atoms with van der Waals surface area (Å²) < 4.78 is 44.8. The van der Waals surface area contributed by atoms with Gasteiger partial charge in [-0.05, 0) is 44.3 Å². The molecule has 6 rings (SSSR count). The number of hydrogen-bond donors (Lipinski definition) is 1. The number of piperazine rings is 1. The first-order chi connectivity index (χ1) is 22.8. The smallest absolute Gasteiger partial charge is 0.418 e. The van der Waals surface area contributed by atoms with Gasteiger partial charge in [-0.1, -0.05) is 23.4 Å². The van der Waals surface area contributed by atoms with Gasteiger partial charge in [0.25, 0.3) is 5.56 Å². The molecule has 1 aliphatic heterocycles. The fraction of sp³-hybridized carbons (Fsp3) is 0.212. The number of alkyl halides is 3. The molecule has 15 heteroatoms. The van der Waals surface area contributed by atoms with Crippen molar-refractivity contribution < 1.29 is 27.9 Å². The minimum Gasteiger partial charge on any atom is -0.478 e. The van der Waals surface area contributed by atoms with E-state index in [1.807, 2.05) is 0 Å². The number of fused-ring (bicyclic) bond motifs is 2. The Hall–Kier alpha value is -5.28. The summed E-state index contributed by atoms with van der Waals surface area (Å²) >= 11 is 7.53. The number of carbonyl (C=O) groups excluding carboxylic acids is 1. The second kappa shape index (κ2) is 12.4. The van der Waals surface area contributed by atoms with E-state index in [1.165, 1.54) is 29.8 Å². The Labute approximate surface area is 279 Å². The summed E-state index contributed by atoms with van der Waals surface area (Å²) in [6, 6.07) is 9.14. The Kier molecular flexibility index (Phi) is 8.43. The normalized spacial score (nSPS) is 13.9. The molecule has 3 aromatic heterocycles. The van der Waals surface area contributed by atoms with Crippen LogP contribution in [0.25, 0.3) is 32.2 Å². The van der Waals surface area contributed by atoms with Crippen molar-refractivity contribution in [1.29, 1.82) is 5.26 Å². The molecule has 0 saturated carbocycles. The maximum atomic E-state index is 14.3. The second-order valence-corrected chi connectivity index (χ2v) is 12.3. The van der Waals surface area contributed by atoms with E-state index in [0.29, 0.717) is 38.0 Å². The van der Waals surface area contributed by atoms with Gasteiger partial charge in [0.1, 0.15) is 11.9 Å². The number of carboxylic acids is 1. The van der Waals surface area contributed by atoms with E-state index in [0.717, 1.165) is 9.47 Å². The molecule has 0 atom stereocenters. The lowest BCUT2D eigenvalue weighted by Gasteiger charge is -2.34. The van der Waals surface area contributed by atoms with Gasteiger partial charge in [0.2, 0.25) is 5.91 Å². The number of nitriles is 1. The minimum atomic E-state index is -4.94. The first kappa shape index (κ1) is 32.7. The van der Waals surface area contributed by atoms with E-state index in [-0.39, 0.29) is 48.5 Å². The van der Waals surface area contributed by atoms with E-state index in [9.17, 15) is 37.9 Å². The van der Waals surface area contributed by atoms with Crippen LogP contribution < -0.4 is 10.5 Å². The topological polar surface area (TPSA) is 132 Å². The Morgan fingerprint density at radius 1 is 1.17 bits per heavy atom. The van der Waals surface area contributed by atoms with Crippen LogP contribution >= 0.6 is 22.9 Å².